The van der Waals surface area contributed by atoms with E-state index >= 15 is 0 Å². The second-order valence-corrected chi connectivity index (χ2v) is 9.99. The minimum absolute atomic E-state index is 0. The Kier molecular flexibility index (Phi) is 18.4. The molecule has 0 N–H and O–H groups in total. The van der Waals surface area contributed by atoms with E-state index in [0.717, 1.165) is 53.9 Å². The van der Waals surface area contributed by atoms with Crippen LogP contribution in [-0.4, -0.2) is 11.4 Å². The van der Waals surface area contributed by atoms with Crippen molar-refractivity contribution >= 4 is 22.8 Å². The number of benzene rings is 3. The average molecular weight is 585 g/mol. The Morgan fingerprint density at radius 2 is 1.05 bits per heavy atom. The third-order valence-corrected chi connectivity index (χ3v) is 6.69. The number of hydrogen-bond donors (Lipinski definition) is 0. The Morgan fingerprint density at radius 1 is 0.600 bits per heavy atom. The molecular weight excluding hydrogens is 539 g/mol. The average Bonchev–Trinajstić information content (AvgIpc) is 2.95. The summed E-state index contributed by atoms with van der Waals surface area (Å²) in [5.41, 5.74) is 6.26. The van der Waals surface area contributed by atoms with Gasteiger partial charge in [-0.2, -0.15) is 0 Å². The van der Waals surface area contributed by atoms with Gasteiger partial charge in [0, 0.05) is 0 Å². The standard InChI is InChI=1S/C26H36N2.C9H12O2.Ni/c1-3-5-7-8-9-16-22-26(28-24-19-14-11-15-20-24)25(21-6-4-2)27-23-17-12-10-13-18-23;1-3-7-5-9(11)8(10)4-6(7)2;/h10-15,17-20H,3-9,16,21-22H2,1-2H3;4-5,10-11H,3H2,1-2H3;/q;;+2/p-2. The van der Waals surface area contributed by atoms with E-state index in [9.17, 15) is 10.2 Å². The third-order valence-electron chi connectivity index (χ3n) is 6.69. The number of rotatable bonds is 14. The molecule has 0 saturated heterocycles. The Hall–Kier alpha value is -2.91. The molecular formula is C35H46N2NiO2. The van der Waals surface area contributed by atoms with Crippen molar-refractivity contribution in [3.05, 3.63) is 83.9 Å². The van der Waals surface area contributed by atoms with Crippen LogP contribution in [0.1, 0.15) is 96.1 Å². The Morgan fingerprint density at radius 3 is 1.55 bits per heavy atom. The molecule has 40 heavy (non-hydrogen) atoms. The van der Waals surface area contributed by atoms with Gasteiger partial charge in [-0.25, -0.2) is 0 Å². The summed E-state index contributed by atoms with van der Waals surface area (Å²) in [5.74, 6) is -0.799. The topological polar surface area (TPSA) is 70.8 Å². The molecule has 0 aromatic heterocycles. The summed E-state index contributed by atoms with van der Waals surface area (Å²) >= 11 is 0. The molecule has 218 valence electrons. The van der Waals surface area contributed by atoms with Crippen LogP contribution in [0, 0.1) is 6.92 Å². The van der Waals surface area contributed by atoms with E-state index in [0.29, 0.717) is 0 Å². The van der Waals surface area contributed by atoms with Crippen molar-refractivity contribution in [1.82, 2.24) is 0 Å². The van der Waals surface area contributed by atoms with Crippen LogP contribution in [-0.2, 0) is 22.9 Å². The molecule has 3 aromatic rings. The summed E-state index contributed by atoms with van der Waals surface area (Å²) in [7, 11) is 0. The van der Waals surface area contributed by atoms with Crippen LogP contribution in [0.2, 0.25) is 0 Å². The molecule has 0 atom stereocenters. The molecule has 0 heterocycles. The molecule has 0 bridgehead atoms. The molecule has 0 saturated carbocycles. The van der Waals surface area contributed by atoms with Gasteiger partial charge in [-0.3, -0.25) is 9.98 Å². The summed E-state index contributed by atoms with van der Waals surface area (Å²) in [4.78, 5) is 10.0. The number of nitrogens with zero attached hydrogens (tertiary/aromatic N) is 2. The van der Waals surface area contributed by atoms with Gasteiger partial charge >= 0.3 is 16.5 Å². The quantitative estimate of drug-likeness (QED) is 0.108. The molecule has 0 aliphatic carbocycles. The molecule has 5 heteroatoms. The molecule has 0 aliphatic heterocycles. The number of para-hydroxylation sites is 2. The molecule has 0 unspecified atom stereocenters. The van der Waals surface area contributed by atoms with Crippen molar-refractivity contribution in [2.45, 2.75) is 98.3 Å². The van der Waals surface area contributed by atoms with Crippen LogP contribution in [0.4, 0.5) is 11.4 Å². The largest absolute Gasteiger partial charge is 2.00 e. The van der Waals surface area contributed by atoms with Gasteiger partial charge in [0.1, 0.15) is 0 Å². The van der Waals surface area contributed by atoms with Crippen molar-refractivity contribution in [2.24, 2.45) is 9.98 Å². The SMILES string of the molecule is CCCCCCCCC(=Nc1ccccc1)C(CCCC)=Nc1ccccc1.CCc1cc([O-])c([O-])cc1C.[Ni+2]. The van der Waals surface area contributed by atoms with E-state index in [-0.39, 0.29) is 16.5 Å². The number of aryl methyl sites for hydroxylation is 2. The normalized spacial score (nSPS) is 11.4. The van der Waals surface area contributed by atoms with Crippen LogP contribution in [0.5, 0.6) is 11.5 Å². The van der Waals surface area contributed by atoms with E-state index in [1.807, 2.05) is 26.0 Å². The predicted octanol–water partition coefficient (Wildman–Crippen LogP) is 9.17. The first-order valence-electron chi connectivity index (χ1n) is 14.7. The van der Waals surface area contributed by atoms with Crippen molar-refractivity contribution in [3.8, 4) is 11.5 Å². The Labute approximate surface area is 252 Å². The fourth-order valence-corrected chi connectivity index (χ4v) is 4.35. The molecule has 3 aromatic carbocycles. The molecule has 0 spiro atoms. The van der Waals surface area contributed by atoms with Crippen molar-refractivity contribution in [3.63, 3.8) is 0 Å². The maximum Gasteiger partial charge on any atom is 2.00 e. The molecule has 0 fully saturated rings. The van der Waals surface area contributed by atoms with Crippen LogP contribution in [0.3, 0.4) is 0 Å². The minimum atomic E-state index is -0.403. The molecule has 3 rings (SSSR count). The first kappa shape index (κ1) is 35.1. The third kappa shape index (κ3) is 13.4. The van der Waals surface area contributed by atoms with E-state index in [1.54, 1.807) is 0 Å². The van der Waals surface area contributed by atoms with Crippen molar-refractivity contribution in [2.75, 3.05) is 0 Å². The maximum atomic E-state index is 10.8. The number of unbranched alkanes of at least 4 members (excludes halogenated alkanes) is 6. The van der Waals surface area contributed by atoms with E-state index in [4.69, 9.17) is 9.98 Å². The fourth-order valence-electron chi connectivity index (χ4n) is 4.35. The zero-order valence-electron chi connectivity index (χ0n) is 24.7. The fraction of sp³-hybridized carbons (Fsp3) is 0.429. The van der Waals surface area contributed by atoms with Gasteiger partial charge < -0.3 is 10.2 Å². The second kappa shape index (κ2) is 20.9. The van der Waals surface area contributed by atoms with Crippen LogP contribution < -0.4 is 10.2 Å². The molecule has 0 radical (unpaired) electrons. The summed E-state index contributed by atoms with van der Waals surface area (Å²) in [6.07, 6.45) is 12.9. The van der Waals surface area contributed by atoms with E-state index in [1.165, 1.54) is 62.8 Å². The van der Waals surface area contributed by atoms with Gasteiger partial charge in [0.2, 0.25) is 0 Å². The predicted molar refractivity (Wildman–Crippen MR) is 164 cm³/mol. The monoisotopic (exact) mass is 584 g/mol. The first-order chi connectivity index (χ1) is 19.0. The zero-order valence-corrected chi connectivity index (χ0v) is 25.7. The van der Waals surface area contributed by atoms with Gasteiger partial charge in [-0.1, -0.05) is 108 Å². The summed E-state index contributed by atoms with van der Waals surface area (Å²) in [6.45, 7) is 8.32. The smallest absolute Gasteiger partial charge is 0.873 e. The van der Waals surface area contributed by atoms with Crippen molar-refractivity contribution in [1.29, 1.82) is 0 Å². The Balaban J connectivity index is 0.000000559. The summed E-state index contributed by atoms with van der Waals surface area (Å²) < 4.78 is 0. The van der Waals surface area contributed by atoms with E-state index < -0.39 is 11.5 Å². The van der Waals surface area contributed by atoms with Crippen molar-refractivity contribution < 1.29 is 26.7 Å². The van der Waals surface area contributed by atoms with E-state index in [2.05, 4.69) is 62.4 Å². The Bertz CT molecular complexity index is 1140. The summed E-state index contributed by atoms with van der Waals surface area (Å²) in [6, 6.07) is 23.5. The van der Waals surface area contributed by atoms with Gasteiger partial charge in [0.05, 0.1) is 22.8 Å². The summed E-state index contributed by atoms with van der Waals surface area (Å²) in [5, 5.41) is 21.6. The molecule has 0 aliphatic rings. The van der Waals surface area contributed by atoms with Crippen LogP contribution >= 0.6 is 0 Å². The zero-order chi connectivity index (χ0) is 28.3. The number of aliphatic imine (C=N–C) groups is 2. The maximum absolute atomic E-state index is 10.8. The first-order valence-corrected chi connectivity index (χ1v) is 14.7. The van der Waals surface area contributed by atoms with Gasteiger partial charge in [0.25, 0.3) is 0 Å². The van der Waals surface area contributed by atoms with Gasteiger partial charge in [-0.05, 0) is 74.4 Å². The molecule has 4 nitrogen and oxygen atoms in total. The molecule has 0 amide bonds. The van der Waals surface area contributed by atoms with Gasteiger partial charge in [0.15, 0.2) is 0 Å². The number of hydrogen-bond acceptors (Lipinski definition) is 4. The second-order valence-electron chi connectivity index (χ2n) is 9.99. The van der Waals surface area contributed by atoms with Crippen LogP contribution in [0.15, 0.2) is 82.8 Å². The minimum Gasteiger partial charge on any atom is -0.873 e. The van der Waals surface area contributed by atoms with Gasteiger partial charge in [-0.15, -0.1) is 11.5 Å². The van der Waals surface area contributed by atoms with Crippen LogP contribution in [0.25, 0.3) is 0 Å².